The van der Waals surface area contributed by atoms with Gasteiger partial charge in [-0.3, -0.25) is 14.2 Å². The van der Waals surface area contributed by atoms with Crippen LogP contribution in [0.1, 0.15) is 17.0 Å². The van der Waals surface area contributed by atoms with Crippen molar-refractivity contribution in [3.05, 3.63) is 104 Å². The maximum Gasteiger partial charge on any atom is 0.294 e. The van der Waals surface area contributed by atoms with E-state index in [0.717, 1.165) is 22.2 Å². The summed E-state index contributed by atoms with van der Waals surface area (Å²) in [5, 5.41) is 1.87. The molecule has 0 bridgehead atoms. The number of hydrogen-bond donors (Lipinski definition) is 1. The van der Waals surface area contributed by atoms with Crippen LogP contribution < -0.4 is 11.1 Å². The number of benzene rings is 3. The minimum absolute atomic E-state index is 0.136. The van der Waals surface area contributed by atoms with Crippen molar-refractivity contribution in [2.75, 3.05) is 0 Å². The molecule has 3 aromatic heterocycles. The molecule has 3 aromatic carbocycles. The van der Waals surface area contributed by atoms with E-state index in [1.165, 1.54) is 11.8 Å². The van der Waals surface area contributed by atoms with Gasteiger partial charge in [-0.05, 0) is 49.7 Å². The molecule has 3 heterocycles. The zero-order chi connectivity index (χ0) is 24.1. The number of hydrogen-bond acceptors (Lipinski definition) is 6. The Hall–Kier alpha value is -4.17. The zero-order valence-electron chi connectivity index (χ0n) is 19.0. The standard InChI is InChI=1S/C27H20N4O3S/c1-15-11-12-20(16(2)13-15)31-26(33)17-7-3-5-9-19(17)28-27(31)35-14-22-29-23-18-8-4-6-10-21(18)34-24(23)25(32)30-22/h3-13H,14H2,1-2H3,(H,29,30,32). The van der Waals surface area contributed by atoms with Gasteiger partial charge in [0.15, 0.2) is 5.16 Å². The van der Waals surface area contributed by atoms with Gasteiger partial charge in [-0.25, -0.2) is 9.97 Å². The SMILES string of the molecule is Cc1ccc(-n2c(SCc3nc4c(oc5ccccc54)c(=O)[nH]3)nc3ccccc3c2=O)c(C)c1. The molecule has 0 unspecified atom stereocenters. The Morgan fingerprint density at radius 3 is 2.54 bits per heavy atom. The highest BCUT2D eigenvalue weighted by Crippen LogP contribution is 2.28. The molecule has 0 aliphatic heterocycles. The Balaban J connectivity index is 1.48. The number of furan rings is 1. The van der Waals surface area contributed by atoms with Crippen molar-refractivity contribution < 1.29 is 4.42 Å². The lowest BCUT2D eigenvalue weighted by molar-refractivity contribution is 0.660. The van der Waals surface area contributed by atoms with Crippen molar-refractivity contribution in [1.29, 1.82) is 0 Å². The van der Waals surface area contributed by atoms with E-state index in [-0.39, 0.29) is 16.7 Å². The van der Waals surface area contributed by atoms with Crippen LogP contribution in [0.2, 0.25) is 0 Å². The Kier molecular flexibility index (Phi) is 5.04. The first-order valence-electron chi connectivity index (χ1n) is 11.1. The van der Waals surface area contributed by atoms with Crippen LogP contribution in [0.15, 0.2) is 85.9 Å². The first-order valence-corrected chi connectivity index (χ1v) is 12.1. The maximum absolute atomic E-state index is 13.6. The molecule has 0 amide bonds. The second-order valence-electron chi connectivity index (χ2n) is 8.42. The summed E-state index contributed by atoms with van der Waals surface area (Å²) in [6, 6.07) is 20.7. The number of para-hydroxylation sites is 2. The molecule has 1 N–H and O–H groups in total. The number of nitrogens with zero attached hydrogens (tertiary/aromatic N) is 3. The molecular formula is C27H20N4O3S. The van der Waals surface area contributed by atoms with Gasteiger partial charge in [0, 0.05) is 5.39 Å². The van der Waals surface area contributed by atoms with Crippen molar-refractivity contribution >= 4 is 44.7 Å². The second kappa shape index (κ2) is 8.25. The van der Waals surface area contributed by atoms with Crippen molar-refractivity contribution in [1.82, 2.24) is 19.5 Å². The average Bonchev–Trinajstić information content (AvgIpc) is 3.23. The highest BCUT2D eigenvalue weighted by Gasteiger charge is 2.17. The van der Waals surface area contributed by atoms with Crippen LogP contribution in [-0.2, 0) is 5.75 Å². The molecular weight excluding hydrogens is 460 g/mol. The zero-order valence-corrected chi connectivity index (χ0v) is 19.8. The molecule has 7 nitrogen and oxygen atoms in total. The van der Waals surface area contributed by atoms with Gasteiger partial charge < -0.3 is 9.40 Å². The minimum Gasteiger partial charge on any atom is -0.449 e. The lowest BCUT2D eigenvalue weighted by Crippen LogP contribution is -2.22. The summed E-state index contributed by atoms with van der Waals surface area (Å²) in [5.74, 6) is 0.800. The van der Waals surface area contributed by atoms with E-state index in [2.05, 4.69) is 9.97 Å². The van der Waals surface area contributed by atoms with Crippen molar-refractivity contribution in [2.45, 2.75) is 24.8 Å². The Labute approximate surface area is 203 Å². The van der Waals surface area contributed by atoms with Crippen LogP contribution in [0.4, 0.5) is 0 Å². The first kappa shape index (κ1) is 21.4. The van der Waals surface area contributed by atoms with Gasteiger partial charge in [-0.15, -0.1) is 0 Å². The molecule has 8 heteroatoms. The molecule has 0 atom stereocenters. The van der Waals surface area contributed by atoms with Crippen LogP contribution in [0.3, 0.4) is 0 Å². The quantitative estimate of drug-likeness (QED) is 0.273. The summed E-state index contributed by atoms with van der Waals surface area (Å²) >= 11 is 1.35. The largest absolute Gasteiger partial charge is 0.449 e. The Morgan fingerprint density at radius 2 is 1.71 bits per heavy atom. The first-order chi connectivity index (χ1) is 17.0. The fourth-order valence-electron chi connectivity index (χ4n) is 4.33. The van der Waals surface area contributed by atoms with Crippen LogP contribution in [0, 0.1) is 13.8 Å². The number of rotatable bonds is 4. The number of aromatic nitrogens is 4. The van der Waals surface area contributed by atoms with Crippen LogP contribution >= 0.6 is 11.8 Å². The molecule has 6 rings (SSSR count). The van der Waals surface area contributed by atoms with Crippen molar-refractivity contribution in [2.24, 2.45) is 0 Å². The van der Waals surface area contributed by atoms with Gasteiger partial charge in [-0.2, -0.15) is 0 Å². The topological polar surface area (TPSA) is 93.8 Å². The summed E-state index contributed by atoms with van der Waals surface area (Å²) in [5.41, 5.74) is 4.37. The van der Waals surface area contributed by atoms with E-state index in [0.29, 0.717) is 38.7 Å². The predicted octanol–water partition coefficient (Wildman–Crippen LogP) is 5.28. The highest BCUT2D eigenvalue weighted by molar-refractivity contribution is 7.98. The van der Waals surface area contributed by atoms with E-state index >= 15 is 0 Å². The third-order valence-electron chi connectivity index (χ3n) is 5.96. The third kappa shape index (κ3) is 3.63. The van der Waals surface area contributed by atoms with Gasteiger partial charge in [0.1, 0.15) is 16.9 Å². The number of aromatic amines is 1. The maximum atomic E-state index is 13.6. The lowest BCUT2D eigenvalue weighted by Gasteiger charge is -2.15. The van der Waals surface area contributed by atoms with Crippen molar-refractivity contribution in [3.8, 4) is 5.69 Å². The summed E-state index contributed by atoms with van der Waals surface area (Å²) in [4.78, 5) is 38.6. The van der Waals surface area contributed by atoms with E-state index in [9.17, 15) is 9.59 Å². The third-order valence-corrected chi connectivity index (χ3v) is 6.91. The normalized spacial score (nSPS) is 11.6. The Bertz CT molecular complexity index is 1880. The molecule has 0 aliphatic rings. The minimum atomic E-state index is -0.333. The average molecular weight is 481 g/mol. The monoisotopic (exact) mass is 480 g/mol. The smallest absolute Gasteiger partial charge is 0.294 e. The van der Waals surface area contributed by atoms with E-state index in [4.69, 9.17) is 9.40 Å². The predicted molar refractivity (Wildman–Crippen MR) is 139 cm³/mol. The van der Waals surface area contributed by atoms with Gasteiger partial charge in [0.2, 0.25) is 5.58 Å². The molecule has 0 saturated carbocycles. The number of thioether (sulfide) groups is 1. The van der Waals surface area contributed by atoms with Crippen LogP contribution in [0.25, 0.3) is 38.7 Å². The molecule has 35 heavy (non-hydrogen) atoms. The number of nitrogens with one attached hydrogen (secondary N) is 1. The summed E-state index contributed by atoms with van der Waals surface area (Å²) in [6.07, 6.45) is 0. The fourth-order valence-corrected chi connectivity index (χ4v) is 5.20. The summed E-state index contributed by atoms with van der Waals surface area (Å²) in [7, 11) is 0. The van der Waals surface area contributed by atoms with Gasteiger partial charge in [-0.1, -0.05) is 53.7 Å². The van der Waals surface area contributed by atoms with E-state index in [1.54, 1.807) is 10.6 Å². The summed E-state index contributed by atoms with van der Waals surface area (Å²) in [6.45, 7) is 4.00. The molecule has 0 aliphatic carbocycles. The highest BCUT2D eigenvalue weighted by atomic mass is 32.2. The van der Waals surface area contributed by atoms with Crippen LogP contribution in [0.5, 0.6) is 0 Å². The molecule has 172 valence electrons. The number of aryl methyl sites for hydroxylation is 2. The molecule has 0 fully saturated rings. The summed E-state index contributed by atoms with van der Waals surface area (Å²) < 4.78 is 7.34. The lowest BCUT2D eigenvalue weighted by atomic mass is 10.1. The molecule has 0 saturated heterocycles. The molecule has 0 spiro atoms. The van der Waals surface area contributed by atoms with Gasteiger partial charge >= 0.3 is 0 Å². The van der Waals surface area contributed by atoms with Gasteiger partial charge in [0.05, 0.1) is 22.3 Å². The van der Waals surface area contributed by atoms with E-state index < -0.39 is 0 Å². The fraction of sp³-hybridized carbons (Fsp3) is 0.111. The van der Waals surface area contributed by atoms with Crippen LogP contribution in [-0.4, -0.2) is 19.5 Å². The number of H-pyrrole nitrogens is 1. The van der Waals surface area contributed by atoms with E-state index in [1.807, 2.05) is 74.5 Å². The number of fused-ring (bicyclic) bond motifs is 4. The molecule has 6 aromatic rings. The van der Waals surface area contributed by atoms with Gasteiger partial charge in [0.25, 0.3) is 11.1 Å². The molecule has 0 radical (unpaired) electrons. The Morgan fingerprint density at radius 1 is 0.943 bits per heavy atom. The van der Waals surface area contributed by atoms with Crippen molar-refractivity contribution in [3.63, 3.8) is 0 Å². The second-order valence-corrected chi connectivity index (χ2v) is 9.36.